The Morgan fingerprint density at radius 2 is 1.73 bits per heavy atom. The van der Waals surface area contributed by atoms with Gasteiger partial charge in [-0.3, -0.25) is 0 Å². The maximum atomic E-state index is 5.54. The second kappa shape index (κ2) is 11.4. The van der Waals surface area contributed by atoms with E-state index in [4.69, 9.17) is 17.2 Å². The molecule has 180 valence electrons. The number of benzene rings is 1. The van der Waals surface area contributed by atoms with E-state index in [1.165, 1.54) is 37.1 Å². The lowest BCUT2D eigenvalue weighted by Gasteiger charge is -2.34. The Labute approximate surface area is 204 Å². The minimum Gasteiger partial charge on any atom is -0.362 e. The maximum Gasteiger partial charge on any atom is 0.170 e. The van der Waals surface area contributed by atoms with Crippen LogP contribution in [0.1, 0.15) is 18.9 Å². The quantitative estimate of drug-likeness (QED) is 0.474. The Morgan fingerprint density at radius 1 is 1.00 bits per heavy atom. The summed E-state index contributed by atoms with van der Waals surface area (Å²) in [7, 11) is 2.18. The van der Waals surface area contributed by atoms with Gasteiger partial charge in [0.2, 0.25) is 0 Å². The third kappa shape index (κ3) is 6.53. The van der Waals surface area contributed by atoms with Crippen molar-refractivity contribution in [3.05, 3.63) is 29.8 Å². The lowest BCUT2D eigenvalue weighted by molar-refractivity contribution is 0.136. The van der Waals surface area contributed by atoms with Crippen LogP contribution in [0.25, 0.3) is 10.9 Å². The van der Waals surface area contributed by atoms with Gasteiger partial charge in [0.15, 0.2) is 5.11 Å². The van der Waals surface area contributed by atoms with E-state index in [-0.39, 0.29) is 0 Å². The number of anilines is 2. The van der Waals surface area contributed by atoms with Gasteiger partial charge < -0.3 is 30.2 Å². The van der Waals surface area contributed by atoms with Crippen LogP contribution in [0.5, 0.6) is 0 Å². The molecule has 0 bridgehead atoms. The zero-order chi connectivity index (χ0) is 23.2. The van der Waals surface area contributed by atoms with Crippen LogP contribution in [0.4, 0.5) is 11.5 Å². The van der Waals surface area contributed by atoms with Crippen molar-refractivity contribution in [1.29, 1.82) is 0 Å². The summed E-state index contributed by atoms with van der Waals surface area (Å²) >= 11 is 5.54. The van der Waals surface area contributed by atoms with E-state index in [0.29, 0.717) is 5.11 Å². The molecule has 1 aromatic heterocycles. The van der Waals surface area contributed by atoms with Crippen LogP contribution in [-0.4, -0.2) is 104 Å². The smallest absolute Gasteiger partial charge is 0.170 e. The molecule has 2 aliphatic heterocycles. The summed E-state index contributed by atoms with van der Waals surface area (Å²) in [5, 5.41) is 8.58. The number of piperazine rings is 2. The maximum absolute atomic E-state index is 5.54. The first-order valence-corrected chi connectivity index (χ1v) is 12.8. The molecule has 2 N–H and O–H groups in total. The van der Waals surface area contributed by atoms with Crippen molar-refractivity contribution in [3.63, 3.8) is 0 Å². The van der Waals surface area contributed by atoms with E-state index in [2.05, 4.69) is 75.4 Å². The highest BCUT2D eigenvalue weighted by atomic mass is 32.1. The van der Waals surface area contributed by atoms with E-state index >= 15 is 0 Å². The van der Waals surface area contributed by atoms with Crippen LogP contribution in [0, 0.1) is 6.92 Å². The predicted octanol–water partition coefficient (Wildman–Crippen LogP) is 2.61. The first kappa shape index (κ1) is 24.1. The lowest BCUT2D eigenvalue weighted by atomic mass is 10.1. The summed E-state index contributed by atoms with van der Waals surface area (Å²) in [5.74, 6) is 1.09. The topological polar surface area (TPSA) is 49.9 Å². The summed E-state index contributed by atoms with van der Waals surface area (Å²) in [4.78, 5) is 14.8. The third-order valence-corrected chi connectivity index (χ3v) is 7.18. The Kier molecular flexibility index (Phi) is 8.35. The van der Waals surface area contributed by atoms with Gasteiger partial charge in [0.1, 0.15) is 5.82 Å². The summed E-state index contributed by atoms with van der Waals surface area (Å²) in [6.07, 6.45) is 1.10. The van der Waals surface area contributed by atoms with Crippen LogP contribution in [0.3, 0.4) is 0 Å². The molecule has 3 heterocycles. The molecule has 0 radical (unpaired) electrons. The molecule has 0 amide bonds. The molecule has 4 rings (SSSR count). The molecular formula is C25H39N7S. The van der Waals surface area contributed by atoms with Crippen LogP contribution >= 0.6 is 12.2 Å². The first-order chi connectivity index (χ1) is 16.0. The summed E-state index contributed by atoms with van der Waals surface area (Å²) in [6.45, 7) is 16.6. The monoisotopic (exact) mass is 469 g/mol. The first-order valence-electron chi connectivity index (χ1n) is 12.4. The molecule has 1 aromatic carbocycles. The highest BCUT2D eigenvalue weighted by Crippen LogP contribution is 2.26. The second-order valence-corrected chi connectivity index (χ2v) is 9.74. The van der Waals surface area contributed by atoms with E-state index in [0.717, 1.165) is 69.3 Å². The number of nitrogens with one attached hydrogen (secondary N) is 2. The zero-order valence-corrected chi connectivity index (χ0v) is 21.3. The fraction of sp³-hybridized carbons (Fsp3) is 0.600. The number of nitrogens with zero attached hydrogens (tertiary/aromatic N) is 5. The number of thiocarbonyl (C=S) groups is 1. The van der Waals surface area contributed by atoms with E-state index < -0.39 is 0 Å². The highest BCUT2D eigenvalue weighted by Gasteiger charge is 2.17. The minimum absolute atomic E-state index is 0.685. The molecule has 2 saturated heterocycles. The van der Waals surface area contributed by atoms with E-state index in [9.17, 15) is 0 Å². The highest BCUT2D eigenvalue weighted by molar-refractivity contribution is 7.80. The van der Waals surface area contributed by atoms with Crippen molar-refractivity contribution in [2.24, 2.45) is 0 Å². The Morgan fingerprint density at radius 3 is 2.45 bits per heavy atom. The number of rotatable bonds is 7. The molecule has 7 nitrogen and oxygen atoms in total. The molecule has 2 aliphatic rings. The number of aryl methyl sites for hydroxylation is 1. The molecule has 0 aliphatic carbocycles. The Hall–Kier alpha value is -2.00. The number of likely N-dealkylation sites (N-methyl/N-ethyl adjacent to an activating group) is 2. The molecule has 0 saturated carbocycles. The fourth-order valence-electron chi connectivity index (χ4n) is 4.66. The van der Waals surface area contributed by atoms with Crippen molar-refractivity contribution in [2.45, 2.75) is 20.3 Å². The zero-order valence-electron chi connectivity index (χ0n) is 20.4. The number of fused-ring (bicyclic) bond motifs is 1. The minimum atomic E-state index is 0.685. The van der Waals surface area contributed by atoms with Crippen molar-refractivity contribution < 1.29 is 0 Å². The molecule has 2 fully saturated rings. The van der Waals surface area contributed by atoms with Gasteiger partial charge in [-0.2, -0.15) is 0 Å². The van der Waals surface area contributed by atoms with Crippen LogP contribution in [-0.2, 0) is 0 Å². The second-order valence-electron chi connectivity index (χ2n) is 9.33. The van der Waals surface area contributed by atoms with Gasteiger partial charge in [-0.05, 0) is 75.5 Å². The average Bonchev–Trinajstić information content (AvgIpc) is 2.83. The molecule has 0 atom stereocenters. The van der Waals surface area contributed by atoms with Gasteiger partial charge >= 0.3 is 0 Å². The van der Waals surface area contributed by atoms with Gasteiger partial charge in [0.25, 0.3) is 0 Å². The number of hydrogen-bond donors (Lipinski definition) is 2. The third-order valence-electron chi connectivity index (χ3n) is 6.94. The van der Waals surface area contributed by atoms with Gasteiger partial charge in [-0.25, -0.2) is 4.98 Å². The molecule has 0 unspecified atom stereocenters. The van der Waals surface area contributed by atoms with Gasteiger partial charge in [-0.1, -0.05) is 6.92 Å². The molecule has 0 spiro atoms. The number of aromatic nitrogens is 1. The van der Waals surface area contributed by atoms with Crippen molar-refractivity contribution in [1.82, 2.24) is 25.0 Å². The van der Waals surface area contributed by atoms with Gasteiger partial charge in [0, 0.05) is 70.0 Å². The summed E-state index contributed by atoms with van der Waals surface area (Å²) < 4.78 is 0. The largest absolute Gasteiger partial charge is 0.362 e. The SMILES string of the molecule is CCN1CCN(CCCNC(=S)Nc2ccc3nc(N4CCN(C)CC4)cc(C)c3c2)CC1. The van der Waals surface area contributed by atoms with Crippen molar-refractivity contribution in [3.8, 4) is 0 Å². The van der Waals surface area contributed by atoms with Crippen molar-refractivity contribution in [2.75, 3.05) is 89.3 Å². The fourth-order valence-corrected chi connectivity index (χ4v) is 4.88. The number of pyridine rings is 1. The van der Waals surface area contributed by atoms with Crippen LogP contribution in [0.2, 0.25) is 0 Å². The van der Waals surface area contributed by atoms with E-state index in [1.54, 1.807) is 0 Å². The predicted molar refractivity (Wildman–Crippen MR) is 144 cm³/mol. The van der Waals surface area contributed by atoms with Crippen LogP contribution in [0.15, 0.2) is 24.3 Å². The van der Waals surface area contributed by atoms with Crippen LogP contribution < -0.4 is 15.5 Å². The Balaban J connectivity index is 1.26. The summed E-state index contributed by atoms with van der Waals surface area (Å²) in [5.41, 5.74) is 3.30. The van der Waals surface area contributed by atoms with Crippen molar-refractivity contribution >= 4 is 39.7 Å². The molecular weight excluding hydrogens is 430 g/mol. The molecule has 8 heteroatoms. The summed E-state index contributed by atoms with van der Waals surface area (Å²) in [6, 6.07) is 8.55. The standard InChI is InChI=1S/C25H39N7S/c1-4-30-12-14-31(15-13-30)9-5-8-26-25(33)27-21-6-7-23-22(19-21)20(2)18-24(28-23)32-16-10-29(3)11-17-32/h6-7,18-19H,4-5,8-17H2,1-3H3,(H2,26,27,33). The average molecular weight is 470 g/mol. The number of hydrogen-bond acceptors (Lipinski definition) is 6. The lowest BCUT2D eigenvalue weighted by Crippen LogP contribution is -2.46. The van der Waals surface area contributed by atoms with E-state index in [1.807, 2.05) is 0 Å². The van der Waals surface area contributed by atoms with Gasteiger partial charge in [0.05, 0.1) is 5.52 Å². The van der Waals surface area contributed by atoms with Gasteiger partial charge in [-0.15, -0.1) is 0 Å². The normalized spacial score (nSPS) is 18.6. The molecule has 33 heavy (non-hydrogen) atoms. The molecule has 2 aromatic rings. The Bertz CT molecular complexity index is 934.